The third-order valence-electron chi connectivity index (χ3n) is 3.54. The van der Waals surface area contributed by atoms with Gasteiger partial charge in [0.25, 0.3) is 0 Å². The summed E-state index contributed by atoms with van der Waals surface area (Å²) in [6.45, 7) is 4.99. The Kier molecular flexibility index (Phi) is 4.14. The van der Waals surface area contributed by atoms with Gasteiger partial charge >= 0.3 is 0 Å². The molecule has 0 aliphatic carbocycles. The normalized spacial score (nSPS) is 16.4. The van der Waals surface area contributed by atoms with E-state index < -0.39 is 0 Å². The SMILES string of the molecule is Clc1cccc(CN2CCN(c3cnccn3)CC2)c1. The molecule has 1 fully saturated rings. The zero-order valence-electron chi connectivity index (χ0n) is 11.2. The van der Waals surface area contributed by atoms with Crippen LogP contribution in [0.25, 0.3) is 0 Å². The summed E-state index contributed by atoms with van der Waals surface area (Å²) < 4.78 is 0. The Morgan fingerprint density at radius 2 is 1.95 bits per heavy atom. The van der Waals surface area contributed by atoms with Crippen LogP contribution in [0.4, 0.5) is 5.82 Å². The van der Waals surface area contributed by atoms with E-state index in [0.29, 0.717) is 0 Å². The summed E-state index contributed by atoms with van der Waals surface area (Å²) in [6, 6.07) is 8.09. The molecule has 0 N–H and O–H groups in total. The van der Waals surface area contributed by atoms with Crippen LogP contribution < -0.4 is 4.90 Å². The smallest absolute Gasteiger partial charge is 0.147 e. The van der Waals surface area contributed by atoms with Gasteiger partial charge in [0, 0.05) is 50.1 Å². The van der Waals surface area contributed by atoms with Crippen LogP contribution >= 0.6 is 11.6 Å². The van der Waals surface area contributed by atoms with Crippen LogP contribution in [0.2, 0.25) is 5.02 Å². The lowest BCUT2D eigenvalue weighted by Crippen LogP contribution is -2.46. The van der Waals surface area contributed by atoms with Crippen LogP contribution in [0.15, 0.2) is 42.9 Å². The Morgan fingerprint density at radius 3 is 2.65 bits per heavy atom. The minimum absolute atomic E-state index is 0.806. The van der Waals surface area contributed by atoms with Gasteiger partial charge in [0.1, 0.15) is 5.82 Å². The van der Waals surface area contributed by atoms with E-state index in [1.165, 1.54) is 5.56 Å². The van der Waals surface area contributed by atoms with Crippen molar-refractivity contribution in [1.29, 1.82) is 0 Å². The van der Waals surface area contributed by atoms with Crippen molar-refractivity contribution in [3.63, 3.8) is 0 Å². The van der Waals surface area contributed by atoms with Crippen molar-refractivity contribution >= 4 is 17.4 Å². The van der Waals surface area contributed by atoms with E-state index in [9.17, 15) is 0 Å². The quantitative estimate of drug-likeness (QED) is 0.868. The van der Waals surface area contributed by atoms with Crippen molar-refractivity contribution in [2.24, 2.45) is 0 Å². The molecule has 104 valence electrons. The standard InChI is InChI=1S/C15H17ClN4/c16-14-3-1-2-13(10-14)12-19-6-8-20(9-7-19)15-11-17-4-5-18-15/h1-5,10-11H,6-9,12H2. The van der Waals surface area contributed by atoms with E-state index in [1.807, 2.05) is 24.4 Å². The van der Waals surface area contributed by atoms with E-state index in [2.05, 4.69) is 25.8 Å². The zero-order chi connectivity index (χ0) is 13.8. The van der Waals surface area contributed by atoms with Gasteiger partial charge in [0.2, 0.25) is 0 Å². The molecule has 5 heteroatoms. The first-order valence-electron chi connectivity index (χ1n) is 6.79. The molecule has 0 saturated carbocycles. The van der Waals surface area contributed by atoms with Gasteiger partial charge < -0.3 is 4.90 Å². The number of piperazine rings is 1. The molecule has 1 saturated heterocycles. The van der Waals surface area contributed by atoms with Gasteiger partial charge in [0.15, 0.2) is 0 Å². The fourth-order valence-electron chi connectivity index (χ4n) is 2.48. The van der Waals surface area contributed by atoms with Gasteiger partial charge in [-0.1, -0.05) is 23.7 Å². The second-order valence-electron chi connectivity index (χ2n) is 4.96. The van der Waals surface area contributed by atoms with Gasteiger partial charge in [-0.25, -0.2) is 4.98 Å². The highest BCUT2D eigenvalue weighted by Gasteiger charge is 2.18. The average Bonchev–Trinajstić information content (AvgIpc) is 2.49. The molecule has 4 nitrogen and oxygen atoms in total. The van der Waals surface area contributed by atoms with E-state index in [0.717, 1.165) is 43.6 Å². The van der Waals surface area contributed by atoms with Crippen LogP contribution in [0.1, 0.15) is 5.56 Å². The van der Waals surface area contributed by atoms with E-state index in [1.54, 1.807) is 12.4 Å². The molecule has 0 amide bonds. The Morgan fingerprint density at radius 1 is 1.10 bits per heavy atom. The van der Waals surface area contributed by atoms with Gasteiger partial charge in [-0.3, -0.25) is 9.88 Å². The fourth-order valence-corrected chi connectivity index (χ4v) is 2.70. The minimum atomic E-state index is 0.806. The predicted molar refractivity (Wildman–Crippen MR) is 81.0 cm³/mol. The van der Waals surface area contributed by atoms with Crippen molar-refractivity contribution in [1.82, 2.24) is 14.9 Å². The molecule has 0 bridgehead atoms. The van der Waals surface area contributed by atoms with Gasteiger partial charge in [-0.15, -0.1) is 0 Å². The summed E-state index contributed by atoms with van der Waals surface area (Å²) in [6.07, 6.45) is 5.28. The minimum Gasteiger partial charge on any atom is -0.353 e. The molecule has 0 radical (unpaired) electrons. The van der Waals surface area contributed by atoms with Crippen molar-refractivity contribution in [3.8, 4) is 0 Å². The van der Waals surface area contributed by atoms with E-state index >= 15 is 0 Å². The van der Waals surface area contributed by atoms with Crippen molar-refractivity contribution in [3.05, 3.63) is 53.4 Å². The third-order valence-corrected chi connectivity index (χ3v) is 3.78. The van der Waals surface area contributed by atoms with Gasteiger partial charge in [0.05, 0.1) is 6.20 Å². The van der Waals surface area contributed by atoms with Crippen LogP contribution in [0, 0.1) is 0 Å². The lowest BCUT2D eigenvalue weighted by Gasteiger charge is -2.35. The lowest BCUT2D eigenvalue weighted by atomic mass is 10.2. The number of hydrogen-bond acceptors (Lipinski definition) is 4. The van der Waals surface area contributed by atoms with Crippen LogP contribution in [-0.4, -0.2) is 41.0 Å². The van der Waals surface area contributed by atoms with Crippen molar-refractivity contribution in [2.45, 2.75) is 6.54 Å². The second-order valence-corrected chi connectivity index (χ2v) is 5.39. The molecular formula is C15H17ClN4. The van der Waals surface area contributed by atoms with Gasteiger partial charge in [-0.05, 0) is 17.7 Å². The molecule has 1 aliphatic heterocycles. The first-order valence-corrected chi connectivity index (χ1v) is 7.17. The largest absolute Gasteiger partial charge is 0.353 e. The Labute approximate surface area is 124 Å². The van der Waals surface area contributed by atoms with Crippen molar-refractivity contribution in [2.75, 3.05) is 31.1 Å². The molecule has 2 heterocycles. The highest BCUT2D eigenvalue weighted by molar-refractivity contribution is 6.30. The summed E-state index contributed by atoms with van der Waals surface area (Å²) in [5.41, 5.74) is 1.27. The molecule has 1 aromatic carbocycles. The maximum atomic E-state index is 6.02. The molecule has 2 aromatic rings. The number of benzene rings is 1. The third kappa shape index (κ3) is 3.26. The highest BCUT2D eigenvalue weighted by Crippen LogP contribution is 2.16. The predicted octanol–water partition coefficient (Wildman–Crippen LogP) is 2.45. The average molecular weight is 289 g/mol. The molecule has 3 rings (SSSR count). The van der Waals surface area contributed by atoms with Crippen LogP contribution in [0.5, 0.6) is 0 Å². The van der Waals surface area contributed by atoms with Gasteiger partial charge in [-0.2, -0.15) is 0 Å². The molecule has 1 aliphatic rings. The zero-order valence-corrected chi connectivity index (χ0v) is 12.0. The number of halogens is 1. The number of anilines is 1. The maximum Gasteiger partial charge on any atom is 0.147 e. The van der Waals surface area contributed by atoms with Crippen LogP contribution in [0.3, 0.4) is 0 Å². The van der Waals surface area contributed by atoms with E-state index in [4.69, 9.17) is 11.6 Å². The molecule has 1 aromatic heterocycles. The molecule has 20 heavy (non-hydrogen) atoms. The Bertz CT molecular complexity index is 553. The number of nitrogens with zero attached hydrogens (tertiary/aromatic N) is 4. The maximum absolute atomic E-state index is 6.02. The summed E-state index contributed by atoms with van der Waals surface area (Å²) >= 11 is 6.02. The topological polar surface area (TPSA) is 32.3 Å². The Hall–Kier alpha value is -1.65. The first kappa shape index (κ1) is 13.3. The molecule has 0 unspecified atom stereocenters. The number of hydrogen-bond donors (Lipinski definition) is 0. The monoisotopic (exact) mass is 288 g/mol. The summed E-state index contributed by atoms with van der Waals surface area (Å²) in [5, 5.41) is 0.806. The summed E-state index contributed by atoms with van der Waals surface area (Å²) in [4.78, 5) is 13.2. The Balaban J connectivity index is 1.56. The molecule has 0 spiro atoms. The number of aromatic nitrogens is 2. The lowest BCUT2D eigenvalue weighted by molar-refractivity contribution is 0.249. The van der Waals surface area contributed by atoms with Crippen LogP contribution in [-0.2, 0) is 6.54 Å². The second kappa shape index (κ2) is 6.20. The number of rotatable bonds is 3. The summed E-state index contributed by atoms with van der Waals surface area (Å²) in [5.74, 6) is 0.968. The summed E-state index contributed by atoms with van der Waals surface area (Å²) in [7, 11) is 0. The molecular weight excluding hydrogens is 272 g/mol. The van der Waals surface area contributed by atoms with Crippen molar-refractivity contribution < 1.29 is 0 Å². The highest BCUT2D eigenvalue weighted by atomic mass is 35.5. The fraction of sp³-hybridized carbons (Fsp3) is 0.333. The molecule has 0 atom stereocenters. The van der Waals surface area contributed by atoms with E-state index in [-0.39, 0.29) is 0 Å². The first-order chi connectivity index (χ1) is 9.81.